The first-order chi connectivity index (χ1) is 6.21. The van der Waals surface area contributed by atoms with E-state index in [0.717, 1.165) is 6.42 Å². The maximum Gasteiger partial charge on any atom is 0 e. The Morgan fingerprint density at radius 1 is 0.773 bits per heavy atom. The van der Waals surface area contributed by atoms with Gasteiger partial charge in [-0.05, 0) is 0 Å². The SMILES string of the molecule is C[Si](C)(C)[N-][Si](C)(C)C.Cl.Cl.[C-]1=CC=CC1.[CH3-].[CH3-].[CH3-].[CH3-].[CH3-].[Zr]. The zero-order valence-electron chi connectivity index (χ0n) is 16.7. The maximum atomic E-state index is 4.82. The molecule has 0 radical (unpaired) electrons. The standard InChI is InChI=1S/C6H18NSi2.C5H5.5CH3.2ClH.Zr/c1-8(2,3)7-9(4,5)6;1-2-4-5-3-1;;;;;;;;/h1-6H3;1-3H,4H2;5*1H3;2*1H;/q7*-1;;;. The van der Waals surface area contributed by atoms with Gasteiger partial charge < -0.3 is 41.8 Å². The molecule has 0 saturated carbocycles. The van der Waals surface area contributed by atoms with Crippen molar-refractivity contribution in [3.8, 4) is 0 Å². The fourth-order valence-electron chi connectivity index (χ4n) is 1.35. The first-order valence-electron chi connectivity index (χ1n) is 5.16. The second-order valence-corrected chi connectivity index (χ2v) is 15.0. The van der Waals surface area contributed by atoms with Gasteiger partial charge in [-0.2, -0.15) is 6.08 Å². The van der Waals surface area contributed by atoms with Gasteiger partial charge in [0.2, 0.25) is 0 Å². The van der Waals surface area contributed by atoms with E-state index in [2.05, 4.69) is 51.4 Å². The monoisotopic (exact) mass is 462 g/mol. The van der Waals surface area contributed by atoms with Crippen LogP contribution in [0.4, 0.5) is 0 Å². The average molecular weight is 465 g/mol. The molecule has 0 aromatic carbocycles. The van der Waals surface area contributed by atoms with Crippen molar-refractivity contribution < 1.29 is 26.2 Å². The number of nitrogens with zero attached hydrogens (tertiary/aromatic N) is 1. The second-order valence-electron chi connectivity index (χ2n) is 5.46. The molecule has 0 saturated heterocycles. The summed E-state index contributed by atoms with van der Waals surface area (Å²) in [5, 5.41) is 0. The Morgan fingerprint density at radius 2 is 1.09 bits per heavy atom. The van der Waals surface area contributed by atoms with Gasteiger partial charge in [0, 0.05) is 26.2 Å². The van der Waals surface area contributed by atoms with Crippen LogP contribution in [0.2, 0.25) is 39.3 Å². The fraction of sp³-hybridized carbons (Fsp3) is 0.438. The largest absolute Gasteiger partial charge is 0.668 e. The Balaban J connectivity index is -0.0000000169. The molecule has 0 heterocycles. The predicted octanol–water partition coefficient (Wildman–Crippen LogP) is 7.43. The van der Waals surface area contributed by atoms with Crippen molar-refractivity contribution in [2.75, 3.05) is 0 Å². The zero-order valence-corrected chi connectivity index (χ0v) is 22.8. The first-order valence-corrected chi connectivity index (χ1v) is 12.1. The molecular formula is C16H40Cl2NSi2Zr-7. The number of halogens is 2. The summed E-state index contributed by atoms with van der Waals surface area (Å²) in [4.78, 5) is 0. The van der Waals surface area contributed by atoms with E-state index < -0.39 is 16.5 Å². The molecule has 0 amide bonds. The molecule has 0 N–H and O–H groups in total. The Hall–Kier alpha value is 1.34. The number of allylic oxidation sites excluding steroid dienone is 4. The Kier molecular flexibility index (Phi) is 70.0. The quantitative estimate of drug-likeness (QED) is 0.298. The summed E-state index contributed by atoms with van der Waals surface area (Å²) >= 11 is 0. The molecule has 0 aromatic heterocycles. The molecule has 1 aliphatic carbocycles. The molecule has 1 rings (SSSR count). The van der Waals surface area contributed by atoms with E-state index in [-0.39, 0.29) is 88.2 Å². The minimum absolute atomic E-state index is 0. The molecule has 6 heteroatoms. The van der Waals surface area contributed by atoms with E-state index in [1.807, 2.05) is 12.2 Å². The van der Waals surface area contributed by atoms with E-state index in [1.54, 1.807) is 0 Å². The molecule has 142 valence electrons. The molecule has 0 aliphatic heterocycles. The summed E-state index contributed by atoms with van der Waals surface area (Å²) in [5.74, 6) is 0. The van der Waals surface area contributed by atoms with Crippen LogP contribution in [0.25, 0.3) is 4.65 Å². The van der Waals surface area contributed by atoms with Crippen LogP contribution in [0.1, 0.15) is 6.42 Å². The molecule has 0 spiro atoms. The third kappa shape index (κ3) is 58.0. The summed E-state index contributed by atoms with van der Waals surface area (Å²) in [6.45, 7) is 13.8. The average Bonchev–Trinajstić information content (AvgIpc) is 2.29. The van der Waals surface area contributed by atoms with Crippen LogP contribution in [0.5, 0.6) is 0 Å². The van der Waals surface area contributed by atoms with Crippen molar-refractivity contribution in [3.05, 3.63) is 66.1 Å². The summed E-state index contributed by atoms with van der Waals surface area (Å²) in [6, 6.07) is 0. The van der Waals surface area contributed by atoms with Crippen LogP contribution < -0.4 is 0 Å². The number of rotatable bonds is 2. The molecule has 1 nitrogen and oxygen atoms in total. The van der Waals surface area contributed by atoms with Crippen LogP contribution in [0.3, 0.4) is 0 Å². The van der Waals surface area contributed by atoms with Crippen LogP contribution in [-0.4, -0.2) is 16.5 Å². The van der Waals surface area contributed by atoms with E-state index in [4.69, 9.17) is 4.65 Å². The Morgan fingerprint density at radius 3 is 1.14 bits per heavy atom. The third-order valence-electron chi connectivity index (χ3n) is 1.26. The molecule has 0 unspecified atom stereocenters. The van der Waals surface area contributed by atoms with Gasteiger partial charge in [0.1, 0.15) is 0 Å². The second kappa shape index (κ2) is 27.2. The van der Waals surface area contributed by atoms with E-state index in [9.17, 15) is 0 Å². The summed E-state index contributed by atoms with van der Waals surface area (Å²) in [7, 11) is -2.21. The van der Waals surface area contributed by atoms with Gasteiger partial charge in [-0.15, -0.1) is 31.2 Å². The molecule has 22 heavy (non-hydrogen) atoms. The normalized spacial score (nSPS) is 9.73. The molecule has 0 aromatic rings. The Labute approximate surface area is 178 Å². The van der Waals surface area contributed by atoms with Crippen molar-refractivity contribution in [1.82, 2.24) is 0 Å². The maximum absolute atomic E-state index is 4.82. The summed E-state index contributed by atoms with van der Waals surface area (Å²) < 4.78 is 4.82. The third-order valence-corrected chi connectivity index (χ3v) is 6.62. The topological polar surface area (TPSA) is 14.1 Å². The van der Waals surface area contributed by atoms with Crippen LogP contribution in [0.15, 0.2) is 18.2 Å². The van der Waals surface area contributed by atoms with Crippen molar-refractivity contribution >= 4 is 41.3 Å². The van der Waals surface area contributed by atoms with Crippen LogP contribution in [0, 0.1) is 43.2 Å². The van der Waals surface area contributed by atoms with Crippen molar-refractivity contribution in [2.45, 2.75) is 45.7 Å². The first kappa shape index (κ1) is 56.6. The number of hydrogen-bond donors (Lipinski definition) is 0. The van der Waals surface area contributed by atoms with Gasteiger partial charge in [-0.25, -0.2) is 12.2 Å². The van der Waals surface area contributed by atoms with Crippen LogP contribution >= 0.6 is 24.8 Å². The zero-order chi connectivity index (χ0) is 11.2. The van der Waals surface area contributed by atoms with Crippen molar-refractivity contribution in [2.24, 2.45) is 0 Å². The minimum Gasteiger partial charge on any atom is -0.668 e. The van der Waals surface area contributed by atoms with Gasteiger partial charge in [-0.3, -0.25) is 6.08 Å². The van der Waals surface area contributed by atoms with Crippen molar-refractivity contribution in [3.63, 3.8) is 0 Å². The van der Waals surface area contributed by atoms with E-state index in [1.165, 1.54) is 0 Å². The van der Waals surface area contributed by atoms with Gasteiger partial charge in [0.05, 0.1) is 0 Å². The van der Waals surface area contributed by atoms with Gasteiger partial charge in [0.25, 0.3) is 0 Å². The van der Waals surface area contributed by atoms with E-state index >= 15 is 0 Å². The van der Waals surface area contributed by atoms with Crippen molar-refractivity contribution in [1.29, 1.82) is 0 Å². The van der Waals surface area contributed by atoms with Gasteiger partial charge >= 0.3 is 0 Å². The summed E-state index contributed by atoms with van der Waals surface area (Å²) in [5.41, 5.74) is 0. The summed E-state index contributed by atoms with van der Waals surface area (Å²) in [6.07, 6.45) is 10.0. The predicted molar refractivity (Wildman–Crippen MR) is 118 cm³/mol. The molecule has 0 fully saturated rings. The molecule has 1 aliphatic rings. The smallest absolute Gasteiger partial charge is 0 e. The number of hydrogen-bond acceptors (Lipinski definition) is 0. The molecular weight excluding hydrogens is 424 g/mol. The molecule has 0 bridgehead atoms. The molecule has 0 atom stereocenters. The fourth-order valence-corrected chi connectivity index (χ4v) is 9.40. The van der Waals surface area contributed by atoms with Crippen LogP contribution in [-0.2, 0) is 26.2 Å². The van der Waals surface area contributed by atoms with E-state index in [0.29, 0.717) is 0 Å². The van der Waals surface area contributed by atoms with Gasteiger partial charge in [-0.1, -0.05) is 55.8 Å². The van der Waals surface area contributed by atoms with Gasteiger partial charge in [0.15, 0.2) is 0 Å². The minimum atomic E-state index is -1.11. The Bertz CT molecular complexity index is 201.